The number of ether oxygens (including phenoxy) is 1. The van der Waals surface area contributed by atoms with Crippen molar-refractivity contribution in [3.8, 4) is 5.88 Å². The van der Waals surface area contributed by atoms with E-state index in [1.54, 1.807) is 18.3 Å². The first-order chi connectivity index (χ1) is 11.4. The molecule has 0 bridgehead atoms. The lowest BCUT2D eigenvalue weighted by Gasteiger charge is -2.18. The Labute approximate surface area is 158 Å². The Morgan fingerprint density at radius 2 is 2.08 bits per heavy atom. The van der Waals surface area contributed by atoms with Crippen LogP contribution < -0.4 is 4.74 Å². The Balaban J connectivity index is 1.77. The van der Waals surface area contributed by atoms with Crippen molar-refractivity contribution in [3.63, 3.8) is 0 Å². The van der Waals surface area contributed by atoms with E-state index in [2.05, 4.69) is 20.9 Å². The van der Waals surface area contributed by atoms with Gasteiger partial charge >= 0.3 is 0 Å². The van der Waals surface area contributed by atoms with E-state index in [-0.39, 0.29) is 22.6 Å². The van der Waals surface area contributed by atoms with Gasteiger partial charge in [-0.2, -0.15) is 4.31 Å². The van der Waals surface area contributed by atoms with Crippen molar-refractivity contribution in [3.05, 3.63) is 51.0 Å². The van der Waals surface area contributed by atoms with Crippen molar-refractivity contribution < 1.29 is 13.2 Å². The third-order valence-corrected chi connectivity index (χ3v) is 6.81. The highest BCUT2D eigenvalue weighted by Crippen LogP contribution is 2.31. The Morgan fingerprint density at radius 3 is 2.83 bits per heavy atom. The molecular weight excluding hydrogens is 439 g/mol. The zero-order valence-corrected chi connectivity index (χ0v) is 16.2. The topological polar surface area (TPSA) is 59.5 Å². The molecule has 128 valence electrons. The van der Waals surface area contributed by atoms with Crippen molar-refractivity contribution in [2.24, 2.45) is 0 Å². The number of pyridine rings is 1. The van der Waals surface area contributed by atoms with Crippen LogP contribution in [0.2, 0.25) is 10.0 Å². The molecule has 0 saturated carbocycles. The summed E-state index contributed by atoms with van der Waals surface area (Å²) in [5.74, 6) is 0.447. The Hall–Kier alpha value is -0.860. The molecule has 1 aromatic carbocycles. The van der Waals surface area contributed by atoms with E-state index in [4.69, 9.17) is 27.9 Å². The van der Waals surface area contributed by atoms with Crippen molar-refractivity contribution in [2.45, 2.75) is 17.4 Å². The van der Waals surface area contributed by atoms with Gasteiger partial charge in [-0.15, -0.1) is 0 Å². The number of sulfonamides is 1. The summed E-state index contributed by atoms with van der Waals surface area (Å²) in [6.07, 6.45) is 1.92. The fourth-order valence-corrected chi connectivity index (χ4v) is 5.01. The fourth-order valence-electron chi connectivity index (χ4n) is 2.44. The number of benzene rings is 1. The van der Waals surface area contributed by atoms with Crippen LogP contribution in [0, 0.1) is 0 Å². The number of rotatable bonds is 4. The minimum Gasteiger partial charge on any atom is -0.472 e. The van der Waals surface area contributed by atoms with Gasteiger partial charge in [0.2, 0.25) is 15.9 Å². The van der Waals surface area contributed by atoms with Gasteiger partial charge in [0.1, 0.15) is 11.0 Å². The highest BCUT2D eigenvalue weighted by atomic mass is 79.9. The standard InChI is InChI=1S/C15H13BrCl2N2O3S/c16-12-2-1-6-19-15(12)23-11-5-7-20(9-11)24(21,22)14-8-10(17)3-4-13(14)18/h1-4,6,8,11H,5,7,9H2. The summed E-state index contributed by atoms with van der Waals surface area (Å²) in [5, 5.41) is 0.471. The van der Waals surface area contributed by atoms with Gasteiger partial charge in [-0.05, 0) is 52.7 Å². The van der Waals surface area contributed by atoms with Gasteiger partial charge in [-0.25, -0.2) is 13.4 Å². The van der Waals surface area contributed by atoms with Crippen molar-refractivity contribution in [1.82, 2.24) is 9.29 Å². The van der Waals surface area contributed by atoms with E-state index >= 15 is 0 Å². The molecular formula is C15H13BrCl2N2O3S. The molecule has 1 saturated heterocycles. The number of aromatic nitrogens is 1. The molecule has 0 aliphatic carbocycles. The summed E-state index contributed by atoms with van der Waals surface area (Å²) in [6, 6.07) is 7.99. The molecule has 2 aromatic rings. The third-order valence-electron chi connectivity index (χ3n) is 3.62. The highest BCUT2D eigenvalue weighted by molar-refractivity contribution is 9.10. The SMILES string of the molecule is O=S(=O)(c1cc(Cl)ccc1Cl)N1CCC(Oc2ncccc2Br)C1. The normalized spacial score (nSPS) is 18.7. The first-order valence-corrected chi connectivity index (χ1v) is 10.1. The zero-order chi connectivity index (χ0) is 17.3. The molecule has 1 unspecified atom stereocenters. The first-order valence-electron chi connectivity index (χ1n) is 7.10. The predicted octanol–water partition coefficient (Wildman–Crippen LogP) is 3.99. The Kier molecular flexibility index (Phi) is 5.36. The summed E-state index contributed by atoms with van der Waals surface area (Å²) >= 11 is 15.3. The van der Waals surface area contributed by atoms with Gasteiger partial charge in [0, 0.05) is 17.8 Å². The summed E-state index contributed by atoms with van der Waals surface area (Å²) in [6.45, 7) is 0.578. The number of nitrogens with zero attached hydrogens (tertiary/aromatic N) is 2. The van der Waals surface area contributed by atoms with E-state index in [0.717, 1.165) is 4.47 Å². The first kappa shape index (κ1) is 17.9. The van der Waals surface area contributed by atoms with Crippen LogP contribution in [0.1, 0.15) is 6.42 Å². The molecule has 0 amide bonds. The highest BCUT2D eigenvalue weighted by Gasteiger charge is 2.35. The van der Waals surface area contributed by atoms with E-state index < -0.39 is 10.0 Å². The van der Waals surface area contributed by atoms with Gasteiger partial charge in [0.15, 0.2) is 0 Å². The maximum atomic E-state index is 12.8. The lowest BCUT2D eigenvalue weighted by molar-refractivity contribution is 0.205. The van der Waals surface area contributed by atoms with Crippen LogP contribution in [0.25, 0.3) is 0 Å². The minimum atomic E-state index is -3.72. The molecule has 1 aromatic heterocycles. The van der Waals surface area contributed by atoms with Crippen LogP contribution in [0.5, 0.6) is 5.88 Å². The molecule has 1 fully saturated rings. The quantitative estimate of drug-likeness (QED) is 0.704. The van der Waals surface area contributed by atoms with E-state index in [0.29, 0.717) is 23.9 Å². The lowest BCUT2D eigenvalue weighted by atomic mass is 10.3. The van der Waals surface area contributed by atoms with Crippen molar-refractivity contribution >= 4 is 49.2 Å². The summed E-state index contributed by atoms with van der Waals surface area (Å²) in [7, 11) is -3.72. The summed E-state index contributed by atoms with van der Waals surface area (Å²) < 4.78 is 33.4. The lowest BCUT2D eigenvalue weighted by Crippen LogP contribution is -2.31. The van der Waals surface area contributed by atoms with Gasteiger partial charge in [0.25, 0.3) is 0 Å². The van der Waals surface area contributed by atoms with Crippen LogP contribution in [0.4, 0.5) is 0 Å². The molecule has 1 aliphatic rings. The summed E-state index contributed by atoms with van der Waals surface area (Å²) in [4.78, 5) is 4.15. The number of halogens is 3. The van der Waals surface area contributed by atoms with Crippen LogP contribution in [-0.4, -0.2) is 36.9 Å². The van der Waals surface area contributed by atoms with Crippen LogP contribution >= 0.6 is 39.1 Å². The van der Waals surface area contributed by atoms with Gasteiger partial charge in [0.05, 0.1) is 16.0 Å². The number of hydrogen-bond donors (Lipinski definition) is 0. The smallest absolute Gasteiger partial charge is 0.244 e. The maximum absolute atomic E-state index is 12.8. The predicted molar refractivity (Wildman–Crippen MR) is 96.2 cm³/mol. The molecule has 1 atom stereocenters. The van der Waals surface area contributed by atoms with Gasteiger partial charge < -0.3 is 4.74 Å². The van der Waals surface area contributed by atoms with Gasteiger partial charge in [-0.1, -0.05) is 23.2 Å². The van der Waals surface area contributed by atoms with Crippen molar-refractivity contribution in [2.75, 3.05) is 13.1 Å². The fraction of sp³-hybridized carbons (Fsp3) is 0.267. The summed E-state index contributed by atoms with van der Waals surface area (Å²) in [5.41, 5.74) is 0. The van der Waals surface area contributed by atoms with Crippen LogP contribution in [0.3, 0.4) is 0 Å². The van der Waals surface area contributed by atoms with Gasteiger partial charge in [-0.3, -0.25) is 0 Å². The van der Waals surface area contributed by atoms with E-state index in [1.807, 2.05) is 6.07 Å². The third kappa shape index (κ3) is 3.70. The second-order valence-corrected chi connectivity index (χ2v) is 8.86. The zero-order valence-electron chi connectivity index (χ0n) is 12.3. The molecule has 5 nitrogen and oxygen atoms in total. The Morgan fingerprint density at radius 1 is 1.29 bits per heavy atom. The molecule has 24 heavy (non-hydrogen) atoms. The van der Waals surface area contributed by atoms with Crippen molar-refractivity contribution in [1.29, 1.82) is 0 Å². The molecule has 9 heteroatoms. The maximum Gasteiger partial charge on any atom is 0.244 e. The molecule has 0 radical (unpaired) electrons. The monoisotopic (exact) mass is 450 g/mol. The van der Waals surface area contributed by atoms with E-state index in [9.17, 15) is 8.42 Å². The molecule has 2 heterocycles. The van der Waals surface area contributed by atoms with E-state index in [1.165, 1.54) is 16.4 Å². The number of hydrogen-bond acceptors (Lipinski definition) is 4. The van der Waals surface area contributed by atoms with Crippen LogP contribution in [-0.2, 0) is 10.0 Å². The molecule has 1 aliphatic heterocycles. The Bertz CT molecular complexity index is 864. The second-order valence-electron chi connectivity index (χ2n) is 5.26. The molecule has 0 N–H and O–H groups in total. The minimum absolute atomic E-state index is 0.0105. The van der Waals surface area contributed by atoms with Crippen LogP contribution in [0.15, 0.2) is 45.9 Å². The molecule has 3 rings (SSSR count). The second kappa shape index (κ2) is 7.17. The average molecular weight is 452 g/mol. The average Bonchev–Trinajstić information content (AvgIpc) is 3.01. The largest absolute Gasteiger partial charge is 0.472 e. The molecule has 0 spiro atoms.